The molecular weight excluding hydrogens is 390 g/mol. The van der Waals surface area contributed by atoms with Crippen molar-refractivity contribution >= 4 is 35.1 Å². The number of carbonyl (C=O) groups excluding carboxylic acids is 1. The van der Waals surface area contributed by atoms with Crippen molar-refractivity contribution in [2.75, 3.05) is 18.0 Å². The lowest BCUT2D eigenvalue weighted by Gasteiger charge is -2.21. The largest absolute Gasteiger partial charge is 0.371 e. The van der Waals surface area contributed by atoms with Gasteiger partial charge in [-0.3, -0.25) is 14.5 Å². The number of rotatable bonds is 7. The van der Waals surface area contributed by atoms with E-state index in [2.05, 4.69) is 38.6 Å². The summed E-state index contributed by atoms with van der Waals surface area (Å²) in [6, 6.07) is 12.3. The summed E-state index contributed by atoms with van der Waals surface area (Å²) in [6.45, 7) is 3.23. The first-order chi connectivity index (χ1) is 13.7. The zero-order chi connectivity index (χ0) is 19.3. The molecule has 146 valence electrons. The number of carbonyl (C=O) groups is 1. The van der Waals surface area contributed by atoms with Gasteiger partial charge in [-0.1, -0.05) is 24.3 Å². The maximum absolute atomic E-state index is 12.5. The number of hydrogen-bond acceptors (Lipinski definition) is 5. The number of hydrogen-bond donors (Lipinski definition) is 2. The van der Waals surface area contributed by atoms with Crippen molar-refractivity contribution in [2.24, 2.45) is 0 Å². The zero-order valence-corrected chi connectivity index (χ0v) is 17.2. The highest BCUT2D eigenvalue weighted by atomic mass is 32.1. The van der Waals surface area contributed by atoms with Crippen molar-refractivity contribution < 1.29 is 4.79 Å². The van der Waals surface area contributed by atoms with E-state index < -0.39 is 0 Å². The minimum absolute atomic E-state index is 0.0106. The van der Waals surface area contributed by atoms with E-state index in [9.17, 15) is 4.79 Å². The molecule has 0 spiro atoms. The van der Waals surface area contributed by atoms with Gasteiger partial charge in [-0.25, -0.2) is 0 Å². The summed E-state index contributed by atoms with van der Waals surface area (Å²) in [5, 5.41) is 12.2. The first-order valence-corrected chi connectivity index (χ1v) is 10.8. The maximum atomic E-state index is 12.5. The van der Waals surface area contributed by atoms with E-state index >= 15 is 0 Å². The van der Waals surface area contributed by atoms with Gasteiger partial charge >= 0.3 is 0 Å². The summed E-state index contributed by atoms with van der Waals surface area (Å²) in [4.78, 5) is 15.9. The predicted molar refractivity (Wildman–Crippen MR) is 115 cm³/mol. The number of amides is 1. The van der Waals surface area contributed by atoms with E-state index in [0.717, 1.165) is 29.4 Å². The molecule has 3 heterocycles. The molecule has 8 heteroatoms. The fourth-order valence-electron chi connectivity index (χ4n) is 3.54. The van der Waals surface area contributed by atoms with Crippen molar-refractivity contribution in [3.8, 4) is 10.7 Å². The molecular formula is C20H23N5OS2. The highest BCUT2D eigenvalue weighted by molar-refractivity contribution is 7.71. The van der Waals surface area contributed by atoms with Crippen LogP contribution < -0.4 is 10.2 Å². The minimum Gasteiger partial charge on any atom is -0.371 e. The second kappa shape index (κ2) is 8.70. The van der Waals surface area contributed by atoms with Crippen molar-refractivity contribution in [2.45, 2.75) is 32.4 Å². The lowest BCUT2D eigenvalue weighted by molar-refractivity contribution is -0.121. The van der Waals surface area contributed by atoms with E-state index in [1.54, 1.807) is 11.3 Å². The number of nitrogens with zero attached hydrogens (tertiary/aromatic N) is 3. The van der Waals surface area contributed by atoms with Crippen molar-refractivity contribution in [3.05, 3.63) is 52.1 Å². The number of benzene rings is 1. The normalized spacial score (nSPS) is 13.8. The fourth-order valence-corrected chi connectivity index (χ4v) is 4.49. The van der Waals surface area contributed by atoms with Crippen LogP contribution in [0.2, 0.25) is 0 Å². The number of aromatic nitrogens is 3. The van der Waals surface area contributed by atoms with Crippen LogP contribution in [0.25, 0.3) is 10.7 Å². The number of para-hydroxylation sites is 1. The van der Waals surface area contributed by atoms with Crippen LogP contribution in [-0.4, -0.2) is 33.8 Å². The average molecular weight is 414 g/mol. The molecule has 2 aromatic heterocycles. The van der Waals surface area contributed by atoms with Gasteiger partial charge in [0.25, 0.3) is 0 Å². The van der Waals surface area contributed by atoms with E-state index in [-0.39, 0.29) is 5.91 Å². The summed E-state index contributed by atoms with van der Waals surface area (Å²) in [6.07, 6.45) is 2.83. The third-order valence-corrected chi connectivity index (χ3v) is 6.15. The molecule has 0 saturated carbocycles. The second-order valence-electron chi connectivity index (χ2n) is 6.83. The van der Waals surface area contributed by atoms with Crippen LogP contribution in [0.15, 0.2) is 41.8 Å². The Hall–Kier alpha value is -2.45. The molecule has 1 amide bonds. The third-order valence-electron chi connectivity index (χ3n) is 4.98. The topological polar surface area (TPSA) is 66.0 Å². The van der Waals surface area contributed by atoms with E-state index in [1.807, 2.05) is 28.1 Å². The van der Waals surface area contributed by atoms with Crippen LogP contribution in [0.4, 0.5) is 5.69 Å². The van der Waals surface area contributed by atoms with Gasteiger partial charge in [0.2, 0.25) is 5.91 Å². The Labute approximate surface area is 173 Å². The first-order valence-electron chi connectivity index (χ1n) is 9.51. The number of thiophene rings is 1. The molecule has 1 aliphatic rings. The highest BCUT2D eigenvalue weighted by Crippen LogP contribution is 2.25. The van der Waals surface area contributed by atoms with Gasteiger partial charge < -0.3 is 10.2 Å². The number of aromatic amines is 1. The van der Waals surface area contributed by atoms with E-state index in [1.165, 1.54) is 18.5 Å². The molecule has 1 saturated heterocycles. The molecule has 28 heavy (non-hydrogen) atoms. The molecule has 0 bridgehead atoms. The monoisotopic (exact) mass is 413 g/mol. The summed E-state index contributed by atoms with van der Waals surface area (Å²) < 4.78 is 2.43. The molecule has 0 radical (unpaired) electrons. The van der Waals surface area contributed by atoms with Gasteiger partial charge in [-0.2, -0.15) is 5.10 Å². The Kier molecular flexibility index (Phi) is 5.87. The van der Waals surface area contributed by atoms with E-state index in [0.29, 0.717) is 24.3 Å². The number of anilines is 1. The van der Waals surface area contributed by atoms with Crippen LogP contribution in [0.1, 0.15) is 24.8 Å². The molecule has 3 aromatic rings. The Bertz CT molecular complexity index is 986. The van der Waals surface area contributed by atoms with Crippen LogP contribution in [0, 0.1) is 4.77 Å². The van der Waals surface area contributed by atoms with Gasteiger partial charge in [0.1, 0.15) is 0 Å². The smallest absolute Gasteiger partial charge is 0.222 e. The Morgan fingerprint density at radius 1 is 1.21 bits per heavy atom. The summed E-state index contributed by atoms with van der Waals surface area (Å²) in [5.41, 5.74) is 2.40. The summed E-state index contributed by atoms with van der Waals surface area (Å²) in [7, 11) is 0. The fraction of sp³-hybridized carbons (Fsp3) is 0.350. The van der Waals surface area contributed by atoms with Gasteiger partial charge in [-0.15, -0.1) is 11.3 Å². The first kappa shape index (κ1) is 18.9. The van der Waals surface area contributed by atoms with Crippen molar-refractivity contribution in [3.63, 3.8) is 0 Å². The third kappa shape index (κ3) is 4.18. The van der Waals surface area contributed by atoms with Gasteiger partial charge in [0.05, 0.1) is 4.88 Å². The molecule has 0 atom stereocenters. The van der Waals surface area contributed by atoms with Crippen LogP contribution in [0.5, 0.6) is 0 Å². The average Bonchev–Trinajstić information content (AvgIpc) is 3.47. The van der Waals surface area contributed by atoms with Gasteiger partial charge in [0.15, 0.2) is 10.6 Å². The Balaban J connectivity index is 1.37. The molecule has 0 unspecified atom stereocenters. The lowest BCUT2D eigenvalue weighted by atomic mass is 10.1. The van der Waals surface area contributed by atoms with Crippen LogP contribution in [-0.2, 0) is 17.9 Å². The molecule has 1 aliphatic heterocycles. The Morgan fingerprint density at radius 3 is 2.82 bits per heavy atom. The molecule has 0 aliphatic carbocycles. The predicted octanol–water partition coefficient (Wildman–Crippen LogP) is 3.98. The molecule has 1 aromatic carbocycles. The number of nitrogens with one attached hydrogen (secondary N) is 2. The molecule has 1 fully saturated rings. The molecule has 2 N–H and O–H groups in total. The zero-order valence-electron chi connectivity index (χ0n) is 15.6. The maximum Gasteiger partial charge on any atom is 0.222 e. The standard InChI is InChI=1S/C20H23N5OS2/c26-18(9-12-25-19(22-23-20(25)27)17-8-5-13-28-17)21-14-15-6-1-2-7-16(15)24-10-3-4-11-24/h1-2,5-8,13H,3-4,9-12,14H2,(H,21,26)(H,23,27). The van der Waals surface area contributed by atoms with Crippen LogP contribution in [0.3, 0.4) is 0 Å². The molecule has 6 nitrogen and oxygen atoms in total. The van der Waals surface area contributed by atoms with Crippen molar-refractivity contribution in [1.82, 2.24) is 20.1 Å². The van der Waals surface area contributed by atoms with E-state index in [4.69, 9.17) is 12.2 Å². The minimum atomic E-state index is 0.0106. The summed E-state index contributed by atoms with van der Waals surface area (Å²) >= 11 is 6.93. The Morgan fingerprint density at radius 2 is 2.04 bits per heavy atom. The number of H-pyrrole nitrogens is 1. The molecule has 4 rings (SSSR count). The van der Waals surface area contributed by atoms with Crippen molar-refractivity contribution in [1.29, 1.82) is 0 Å². The highest BCUT2D eigenvalue weighted by Gasteiger charge is 2.16. The quantitative estimate of drug-likeness (QED) is 0.575. The second-order valence-corrected chi connectivity index (χ2v) is 8.17. The van der Waals surface area contributed by atoms with Crippen LogP contribution >= 0.6 is 23.6 Å². The van der Waals surface area contributed by atoms with Gasteiger partial charge in [0, 0.05) is 38.3 Å². The van der Waals surface area contributed by atoms with Gasteiger partial charge in [-0.05, 0) is 48.1 Å². The SMILES string of the molecule is O=C(CCn1c(-c2cccs2)n[nH]c1=S)NCc1ccccc1N1CCCC1. The lowest BCUT2D eigenvalue weighted by Crippen LogP contribution is -2.26. The summed E-state index contributed by atoms with van der Waals surface area (Å²) in [5.74, 6) is 0.795.